The molecule has 1 aromatic carbocycles. The third kappa shape index (κ3) is 4.06. The van der Waals surface area contributed by atoms with Gasteiger partial charge in [0.05, 0.1) is 11.9 Å². The molecule has 0 saturated heterocycles. The second-order valence-corrected chi connectivity index (χ2v) is 4.16. The van der Waals surface area contributed by atoms with Crippen LogP contribution in [0.15, 0.2) is 42.6 Å². The van der Waals surface area contributed by atoms with Crippen molar-refractivity contribution < 1.29 is 9.18 Å². The third-order valence-electron chi connectivity index (χ3n) is 2.63. The Kier molecular flexibility index (Phi) is 4.07. The molecule has 4 nitrogen and oxygen atoms in total. The number of aryl methyl sites for hydroxylation is 1. The summed E-state index contributed by atoms with van der Waals surface area (Å²) in [5.41, 5.74) is 7.81. The number of nitrogen functional groups attached to an aromatic ring is 1. The lowest BCUT2D eigenvalue weighted by molar-refractivity contribution is -0.116. The van der Waals surface area contributed by atoms with Crippen LogP contribution >= 0.6 is 0 Å². The molecule has 3 N–H and O–H groups in total. The van der Waals surface area contributed by atoms with E-state index in [1.54, 1.807) is 12.1 Å². The van der Waals surface area contributed by atoms with Crippen LogP contribution in [0, 0.1) is 5.95 Å². The molecule has 0 aliphatic heterocycles. The van der Waals surface area contributed by atoms with E-state index in [4.69, 9.17) is 5.73 Å². The van der Waals surface area contributed by atoms with Crippen LogP contribution in [0.1, 0.15) is 12.0 Å². The minimum atomic E-state index is -0.570. The quantitative estimate of drug-likeness (QED) is 0.654. The van der Waals surface area contributed by atoms with E-state index in [-0.39, 0.29) is 5.91 Å². The molecule has 0 unspecified atom stereocenters. The van der Waals surface area contributed by atoms with E-state index in [2.05, 4.69) is 10.3 Å². The molecule has 19 heavy (non-hydrogen) atoms. The maximum Gasteiger partial charge on any atom is 0.224 e. The molecule has 0 aliphatic rings. The van der Waals surface area contributed by atoms with Gasteiger partial charge >= 0.3 is 0 Å². The van der Waals surface area contributed by atoms with Crippen molar-refractivity contribution in [3.8, 4) is 0 Å². The van der Waals surface area contributed by atoms with E-state index in [9.17, 15) is 9.18 Å². The van der Waals surface area contributed by atoms with Crippen molar-refractivity contribution in [1.29, 1.82) is 0 Å². The first-order valence-electron chi connectivity index (χ1n) is 5.89. The van der Waals surface area contributed by atoms with Crippen molar-refractivity contribution in [2.24, 2.45) is 0 Å². The van der Waals surface area contributed by atoms with Gasteiger partial charge in [-0.05, 0) is 36.2 Å². The van der Waals surface area contributed by atoms with Crippen molar-refractivity contribution in [2.45, 2.75) is 12.8 Å². The summed E-state index contributed by atoms with van der Waals surface area (Å²) in [6.45, 7) is 0. The van der Waals surface area contributed by atoms with Gasteiger partial charge < -0.3 is 11.1 Å². The fourth-order valence-electron chi connectivity index (χ4n) is 1.62. The number of rotatable bonds is 4. The highest BCUT2D eigenvalue weighted by molar-refractivity contribution is 5.90. The van der Waals surface area contributed by atoms with E-state index in [0.29, 0.717) is 24.2 Å². The molecule has 0 fully saturated rings. The molecular weight excluding hydrogens is 245 g/mol. The minimum absolute atomic E-state index is 0.134. The molecule has 1 heterocycles. The van der Waals surface area contributed by atoms with Gasteiger partial charge in [-0.15, -0.1) is 0 Å². The zero-order chi connectivity index (χ0) is 13.7. The van der Waals surface area contributed by atoms with E-state index in [1.807, 2.05) is 12.1 Å². The molecule has 0 saturated carbocycles. The van der Waals surface area contributed by atoms with Gasteiger partial charge in [0.2, 0.25) is 11.9 Å². The van der Waals surface area contributed by atoms with E-state index >= 15 is 0 Å². The predicted octanol–water partition coefficient (Wildman–Crippen LogP) is 2.37. The topological polar surface area (TPSA) is 68.0 Å². The van der Waals surface area contributed by atoms with Crippen molar-refractivity contribution >= 4 is 17.3 Å². The molecule has 98 valence electrons. The van der Waals surface area contributed by atoms with Crippen LogP contribution < -0.4 is 11.1 Å². The lowest BCUT2D eigenvalue weighted by Gasteiger charge is -2.05. The zero-order valence-electron chi connectivity index (χ0n) is 10.3. The molecular formula is C14H14FN3O. The highest BCUT2D eigenvalue weighted by Gasteiger charge is 2.03. The van der Waals surface area contributed by atoms with Crippen LogP contribution in [-0.2, 0) is 11.2 Å². The first-order chi connectivity index (χ1) is 9.13. The van der Waals surface area contributed by atoms with E-state index in [1.165, 1.54) is 18.3 Å². The number of nitrogens with two attached hydrogens (primary N) is 1. The van der Waals surface area contributed by atoms with Crippen LogP contribution in [0.3, 0.4) is 0 Å². The molecule has 0 atom stereocenters. The number of halogens is 1. The molecule has 0 spiro atoms. The largest absolute Gasteiger partial charge is 0.399 e. The number of amides is 1. The highest BCUT2D eigenvalue weighted by atomic mass is 19.1. The molecule has 0 aliphatic carbocycles. The van der Waals surface area contributed by atoms with Gasteiger partial charge in [-0.3, -0.25) is 4.79 Å². The normalized spacial score (nSPS) is 10.2. The van der Waals surface area contributed by atoms with Crippen molar-refractivity contribution in [3.63, 3.8) is 0 Å². The van der Waals surface area contributed by atoms with E-state index < -0.39 is 5.95 Å². The van der Waals surface area contributed by atoms with Crippen LogP contribution in [0.25, 0.3) is 0 Å². The number of nitrogens with one attached hydrogen (secondary N) is 1. The number of anilines is 2. The smallest absolute Gasteiger partial charge is 0.224 e. The Morgan fingerprint density at radius 1 is 1.21 bits per heavy atom. The van der Waals surface area contributed by atoms with Gasteiger partial charge in [0.15, 0.2) is 0 Å². The summed E-state index contributed by atoms with van der Waals surface area (Å²) >= 11 is 0. The van der Waals surface area contributed by atoms with Gasteiger partial charge in [0.25, 0.3) is 0 Å². The molecule has 0 bridgehead atoms. The average molecular weight is 259 g/mol. The van der Waals surface area contributed by atoms with Gasteiger partial charge in [-0.2, -0.15) is 4.39 Å². The number of carbonyl (C=O) groups excluding carboxylic acids is 1. The summed E-state index contributed by atoms with van der Waals surface area (Å²) in [6.07, 6.45) is 2.26. The summed E-state index contributed by atoms with van der Waals surface area (Å²) in [4.78, 5) is 15.1. The van der Waals surface area contributed by atoms with Gasteiger partial charge in [0.1, 0.15) is 0 Å². The molecule has 0 radical (unpaired) electrons. The third-order valence-corrected chi connectivity index (χ3v) is 2.63. The standard InChI is InChI=1S/C14H14FN3O/c15-13-7-6-12(9-17-13)18-14(19)8-3-10-1-4-11(16)5-2-10/h1-2,4-7,9H,3,8,16H2,(H,18,19). The number of nitrogens with zero attached hydrogens (tertiary/aromatic N) is 1. The fourth-order valence-corrected chi connectivity index (χ4v) is 1.62. The van der Waals surface area contributed by atoms with Crippen molar-refractivity contribution in [3.05, 3.63) is 54.1 Å². The van der Waals surface area contributed by atoms with Crippen LogP contribution in [-0.4, -0.2) is 10.9 Å². The predicted molar refractivity (Wildman–Crippen MR) is 72.0 cm³/mol. The number of hydrogen-bond acceptors (Lipinski definition) is 3. The van der Waals surface area contributed by atoms with Crippen molar-refractivity contribution in [1.82, 2.24) is 4.98 Å². The Morgan fingerprint density at radius 2 is 1.95 bits per heavy atom. The molecule has 5 heteroatoms. The monoisotopic (exact) mass is 259 g/mol. The fraction of sp³-hybridized carbons (Fsp3) is 0.143. The van der Waals surface area contributed by atoms with Gasteiger partial charge in [-0.1, -0.05) is 12.1 Å². The Balaban J connectivity index is 1.84. The zero-order valence-corrected chi connectivity index (χ0v) is 10.3. The number of benzene rings is 1. The average Bonchev–Trinajstić information content (AvgIpc) is 2.41. The minimum Gasteiger partial charge on any atom is -0.399 e. The summed E-state index contributed by atoms with van der Waals surface area (Å²) in [7, 11) is 0. The summed E-state index contributed by atoms with van der Waals surface area (Å²) in [6, 6.07) is 10.1. The van der Waals surface area contributed by atoms with Crippen molar-refractivity contribution in [2.75, 3.05) is 11.1 Å². The molecule has 1 aromatic heterocycles. The Labute approximate surface area is 110 Å². The summed E-state index contributed by atoms with van der Waals surface area (Å²) < 4.78 is 12.6. The van der Waals surface area contributed by atoms with Gasteiger partial charge in [-0.25, -0.2) is 4.98 Å². The molecule has 2 rings (SSSR count). The van der Waals surface area contributed by atoms with Gasteiger partial charge in [0, 0.05) is 12.1 Å². The summed E-state index contributed by atoms with van der Waals surface area (Å²) in [5, 5.41) is 2.66. The number of carbonyl (C=O) groups is 1. The second-order valence-electron chi connectivity index (χ2n) is 4.16. The van der Waals surface area contributed by atoms with E-state index in [0.717, 1.165) is 5.56 Å². The lowest BCUT2D eigenvalue weighted by atomic mass is 10.1. The number of aromatic nitrogens is 1. The Morgan fingerprint density at radius 3 is 2.58 bits per heavy atom. The molecule has 2 aromatic rings. The first-order valence-corrected chi connectivity index (χ1v) is 5.89. The number of pyridine rings is 1. The Bertz CT molecular complexity index is 552. The maximum atomic E-state index is 12.6. The van der Waals surface area contributed by atoms with Crippen LogP contribution in [0.5, 0.6) is 0 Å². The lowest BCUT2D eigenvalue weighted by Crippen LogP contribution is -2.12. The highest BCUT2D eigenvalue weighted by Crippen LogP contribution is 2.09. The molecule has 1 amide bonds. The maximum absolute atomic E-state index is 12.6. The first kappa shape index (κ1) is 13.0. The van der Waals surface area contributed by atoms with Crippen LogP contribution in [0.4, 0.5) is 15.8 Å². The SMILES string of the molecule is Nc1ccc(CCC(=O)Nc2ccc(F)nc2)cc1. The van der Waals surface area contributed by atoms with Crippen LogP contribution in [0.2, 0.25) is 0 Å². The summed E-state index contributed by atoms with van der Waals surface area (Å²) in [5.74, 6) is -0.704. The Hall–Kier alpha value is -2.43. The second kappa shape index (κ2) is 5.95. The number of hydrogen-bond donors (Lipinski definition) is 2.